The van der Waals surface area contributed by atoms with Crippen molar-refractivity contribution in [2.75, 3.05) is 33.9 Å². The van der Waals surface area contributed by atoms with Gasteiger partial charge in [-0.1, -0.05) is 63.0 Å². The van der Waals surface area contributed by atoms with Crippen LogP contribution in [0, 0.1) is 45.7 Å². The van der Waals surface area contributed by atoms with Crippen LogP contribution in [0.4, 0.5) is 25.0 Å². The molecule has 80 heavy (non-hydrogen) atoms. The molecule has 1 fully saturated rings. The van der Waals surface area contributed by atoms with Crippen LogP contribution in [0.5, 0.6) is 23.0 Å². The standard InChI is InChI=1S/C54H46Cl2F2N10O12/c1-24(2)39-43(26(5)15-17-60-39)65-33-21-28(37-30(57)11-9-13-35(37)77-7)49(55)62-41(33)47(45(51(65)69)67(73)74)79-53(71)32-23-64(20-19-59-32)54(72)80-48-42-34(22-29(50(56)63-42)38-31(58)12-10-14-36(38)78-8)66(52(70)46(48)68(75)76)44-27(6)16-18-61-40(44)25(3)4/h9-18,21-22,24-25,32,59H,19-20,23H2,1-8H3. The fourth-order valence-corrected chi connectivity index (χ4v) is 10.1. The number of methoxy groups -OCH3 is 2. The van der Waals surface area contributed by atoms with Gasteiger partial charge in [-0.15, -0.1) is 0 Å². The molecule has 8 aromatic rings. The summed E-state index contributed by atoms with van der Waals surface area (Å²) in [4.78, 5) is 101. The van der Waals surface area contributed by atoms with Gasteiger partial charge in [-0.25, -0.2) is 28.3 Å². The van der Waals surface area contributed by atoms with Gasteiger partial charge in [-0.05, 0) is 85.3 Å². The second-order valence-electron chi connectivity index (χ2n) is 18.9. The summed E-state index contributed by atoms with van der Waals surface area (Å²) in [5.74, 6) is -5.50. The van der Waals surface area contributed by atoms with E-state index in [-0.39, 0.29) is 81.1 Å². The number of nitrogens with zero attached hydrogens (tertiary/aromatic N) is 9. The first kappa shape index (κ1) is 55.7. The number of nitrogens with one attached hydrogen (secondary N) is 1. The Labute approximate surface area is 461 Å². The van der Waals surface area contributed by atoms with Crippen LogP contribution in [0.15, 0.2) is 82.6 Å². The molecule has 0 radical (unpaired) electrons. The fourth-order valence-electron chi connectivity index (χ4n) is 9.63. The van der Waals surface area contributed by atoms with Crippen LogP contribution < -0.4 is 35.4 Å². The third-order valence-corrected chi connectivity index (χ3v) is 13.9. The molecule has 2 aromatic carbocycles. The van der Waals surface area contributed by atoms with Gasteiger partial charge in [-0.2, -0.15) is 0 Å². The number of aromatic nitrogens is 6. The zero-order valence-corrected chi connectivity index (χ0v) is 45.2. The summed E-state index contributed by atoms with van der Waals surface area (Å²) in [5.41, 5.74) is -5.30. The highest BCUT2D eigenvalue weighted by Gasteiger charge is 2.39. The lowest BCUT2D eigenvalue weighted by Gasteiger charge is -2.31. The van der Waals surface area contributed by atoms with Crippen molar-refractivity contribution in [2.24, 2.45) is 0 Å². The van der Waals surface area contributed by atoms with Crippen molar-refractivity contribution >= 4 is 68.7 Å². The highest BCUT2D eigenvalue weighted by molar-refractivity contribution is 6.33. The molecule has 0 aliphatic carbocycles. The smallest absolute Gasteiger partial charge is 0.415 e. The monoisotopic (exact) mass is 1130 g/mol. The molecule has 0 spiro atoms. The van der Waals surface area contributed by atoms with E-state index >= 15 is 8.78 Å². The van der Waals surface area contributed by atoms with E-state index < -0.39 is 101 Å². The number of halogens is 4. The van der Waals surface area contributed by atoms with Gasteiger partial charge in [0.1, 0.15) is 50.5 Å². The lowest BCUT2D eigenvalue weighted by atomic mass is 10.0. The van der Waals surface area contributed by atoms with E-state index in [1.807, 2.05) is 0 Å². The van der Waals surface area contributed by atoms with Crippen molar-refractivity contribution in [3.8, 4) is 56.6 Å². The third kappa shape index (κ3) is 9.74. The number of benzene rings is 2. The van der Waals surface area contributed by atoms with Gasteiger partial charge in [0.2, 0.25) is 11.5 Å². The SMILES string of the molecule is COc1cccc(F)c1-c1cc2c(nc1Cl)c(OC(=O)C1CN(C(=O)Oc3c([N+](=O)[O-])c(=O)n(-c4c(C)ccnc4C(C)C)c4cc(-c5c(F)cccc5OC)c(Cl)nc34)CCN1)c([N+](=O)[O-])c(=O)n2-c1c(C)ccnc1C(C)C. The van der Waals surface area contributed by atoms with Gasteiger partial charge in [0.05, 0.1) is 75.5 Å². The number of pyridine rings is 6. The van der Waals surface area contributed by atoms with Crippen molar-refractivity contribution in [1.82, 2.24) is 39.3 Å². The lowest BCUT2D eigenvalue weighted by Crippen LogP contribution is -2.57. The van der Waals surface area contributed by atoms with Crippen molar-refractivity contribution < 1.29 is 47.2 Å². The van der Waals surface area contributed by atoms with Crippen LogP contribution in [0.3, 0.4) is 0 Å². The molecule has 412 valence electrons. The van der Waals surface area contributed by atoms with E-state index in [4.69, 9.17) is 42.1 Å². The minimum absolute atomic E-state index is 0.0181. The lowest BCUT2D eigenvalue weighted by molar-refractivity contribution is -0.387. The Hall–Kier alpha value is -9.00. The second-order valence-corrected chi connectivity index (χ2v) is 19.7. The van der Waals surface area contributed by atoms with Crippen molar-refractivity contribution in [2.45, 2.75) is 59.4 Å². The maximum Gasteiger partial charge on any atom is 0.415 e. The molecule has 1 amide bonds. The van der Waals surface area contributed by atoms with Gasteiger partial charge in [0.25, 0.3) is 0 Å². The minimum atomic E-state index is -1.56. The normalized spacial score (nSPS) is 13.5. The summed E-state index contributed by atoms with van der Waals surface area (Å²) < 4.78 is 55.9. The zero-order valence-electron chi connectivity index (χ0n) is 43.7. The van der Waals surface area contributed by atoms with E-state index in [0.717, 1.165) is 26.2 Å². The van der Waals surface area contributed by atoms with Crippen LogP contribution in [0.2, 0.25) is 10.3 Å². The molecule has 1 saturated heterocycles. The quantitative estimate of drug-likeness (QED) is 0.0487. The number of hydrogen-bond donors (Lipinski definition) is 1. The largest absolute Gasteiger partial charge is 0.496 e. The predicted molar refractivity (Wildman–Crippen MR) is 290 cm³/mol. The molecule has 1 unspecified atom stereocenters. The first-order valence-corrected chi connectivity index (χ1v) is 25.2. The van der Waals surface area contributed by atoms with Gasteiger partial charge in [0.15, 0.2) is 0 Å². The van der Waals surface area contributed by atoms with Crippen LogP contribution in [0.1, 0.15) is 62.0 Å². The molecule has 0 saturated carbocycles. The van der Waals surface area contributed by atoms with E-state index in [1.165, 1.54) is 63.0 Å². The molecule has 26 heteroatoms. The number of carbonyl (C=O) groups is 2. The van der Waals surface area contributed by atoms with Crippen molar-refractivity contribution in [3.05, 3.63) is 158 Å². The van der Waals surface area contributed by atoms with Crippen LogP contribution >= 0.6 is 23.2 Å². The summed E-state index contributed by atoms with van der Waals surface area (Å²) in [6.07, 6.45) is 1.64. The highest BCUT2D eigenvalue weighted by Crippen LogP contribution is 2.44. The van der Waals surface area contributed by atoms with Crippen LogP contribution in [-0.2, 0) is 4.79 Å². The van der Waals surface area contributed by atoms with Crippen LogP contribution in [-0.4, -0.2) is 95.8 Å². The number of ether oxygens (including phenoxy) is 4. The molecule has 1 atom stereocenters. The second kappa shape index (κ2) is 22.0. The minimum Gasteiger partial charge on any atom is -0.496 e. The van der Waals surface area contributed by atoms with Crippen molar-refractivity contribution in [3.63, 3.8) is 0 Å². The molecule has 1 aliphatic rings. The molecular formula is C54H46Cl2F2N10O12. The molecule has 22 nitrogen and oxygen atoms in total. The van der Waals surface area contributed by atoms with Crippen LogP contribution in [0.25, 0.3) is 55.7 Å². The zero-order chi connectivity index (χ0) is 57.8. The Bertz CT molecular complexity index is 3810. The average molecular weight is 1140 g/mol. The number of hydrogen-bond acceptors (Lipinski definition) is 17. The van der Waals surface area contributed by atoms with Gasteiger partial charge < -0.3 is 29.2 Å². The molecule has 6 aromatic heterocycles. The number of aryl methyl sites for hydroxylation is 2. The number of fused-ring (bicyclic) bond motifs is 2. The van der Waals surface area contributed by atoms with Gasteiger partial charge in [0, 0.05) is 36.6 Å². The molecule has 1 N–H and O–H groups in total. The van der Waals surface area contributed by atoms with E-state index in [0.29, 0.717) is 22.5 Å². The number of nitro groups is 2. The Morgan fingerprint density at radius 1 is 0.713 bits per heavy atom. The Kier molecular flexibility index (Phi) is 15.3. The predicted octanol–water partition coefficient (Wildman–Crippen LogP) is 9.87. The number of esters is 1. The summed E-state index contributed by atoms with van der Waals surface area (Å²) in [6, 6.07) is 12.0. The summed E-state index contributed by atoms with van der Waals surface area (Å²) in [6.45, 7) is 9.36. The highest BCUT2D eigenvalue weighted by atomic mass is 35.5. The Balaban J connectivity index is 1.16. The molecule has 7 heterocycles. The topological polar surface area (TPSA) is 268 Å². The van der Waals surface area contributed by atoms with Gasteiger partial charge >= 0.3 is 34.6 Å². The fraction of sp³-hybridized carbons (Fsp3) is 0.259. The maximum absolute atomic E-state index is 15.8. The van der Waals surface area contributed by atoms with E-state index in [9.17, 15) is 39.4 Å². The van der Waals surface area contributed by atoms with E-state index in [2.05, 4.69) is 25.3 Å². The molecule has 1 aliphatic heterocycles. The molecular weight excluding hydrogens is 1090 g/mol. The third-order valence-electron chi connectivity index (χ3n) is 13.3. The molecule has 0 bridgehead atoms. The summed E-state index contributed by atoms with van der Waals surface area (Å²) >= 11 is 13.6. The van der Waals surface area contributed by atoms with Crippen molar-refractivity contribution in [1.29, 1.82) is 0 Å². The summed E-state index contributed by atoms with van der Waals surface area (Å²) in [7, 11) is 2.58. The first-order chi connectivity index (χ1) is 38.1. The number of rotatable bonds is 13. The maximum atomic E-state index is 15.8. The first-order valence-electron chi connectivity index (χ1n) is 24.5. The number of amides is 1. The molecule has 9 rings (SSSR count). The average Bonchev–Trinajstić information content (AvgIpc) is 3.62. The Morgan fingerprint density at radius 3 is 1.56 bits per heavy atom. The Morgan fingerprint density at radius 2 is 1.15 bits per heavy atom. The van der Waals surface area contributed by atoms with E-state index in [1.54, 1.807) is 53.7 Å². The number of carbonyl (C=O) groups excluding carboxylic acids is 2. The number of piperazine rings is 1. The van der Waals surface area contributed by atoms with Gasteiger partial charge in [-0.3, -0.25) is 48.9 Å². The summed E-state index contributed by atoms with van der Waals surface area (Å²) in [5, 5.41) is 28.2.